The summed E-state index contributed by atoms with van der Waals surface area (Å²) >= 11 is 0. The minimum atomic E-state index is 0.524. The SMILES string of the molecule is CC(C)(C)[C@@H]1CC[C@@H]1C(C)(C)C. The third-order valence-corrected chi connectivity index (χ3v) is 3.50. The first-order chi connectivity index (χ1) is 5.23. The van der Waals surface area contributed by atoms with Gasteiger partial charge in [0.05, 0.1) is 0 Å². The van der Waals surface area contributed by atoms with Gasteiger partial charge in [-0.2, -0.15) is 0 Å². The molecule has 1 aliphatic rings. The average molecular weight is 168 g/mol. The molecular formula is C12H24. The summed E-state index contributed by atoms with van der Waals surface area (Å²) in [7, 11) is 0. The van der Waals surface area contributed by atoms with Crippen LogP contribution in [-0.4, -0.2) is 0 Å². The molecule has 0 amide bonds. The summed E-state index contributed by atoms with van der Waals surface area (Å²) in [5.74, 6) is 1.91. The second-order valence-corrected chi connectivity index (χ2v) is 6.52. The maximum absolute atomic E-state index is 2.38. The van der Waals surface area contributed by atoms with Gasteiger partial charge >= 0.3 is 0 Å². The monoisotopic (exact) mass is 168 g/mol. The first kappa shape index (κ1) is 10.1. The van der Waals surface area contributed by atoms with Crippen LogP contribution >= 0.6 is 0 Å². The second-order valence-electron chi connectivity index (χ2n) is 6.52. The molecule has 0 unspecified atom stereocenters. The van der Waals surface area contributed by atoms with Crippen LogP contribution in [0.3, 0.4) is 0 Å². The number of hydrogen-bond donors (Lipinski definition) is 0. The Hall–Kier alpha value is 0. The standard InChI is InChI=1S/C12H24/c1-11(2,3)9-7-8-10(9)12(4,5)6/h9-10H,7-8H2,1-6H3/t9-,10+. The van der Waals surface area contributed by atoms with Gasteiger partial charge in [0.1, 0.15) is 0 Å². The van der Waals surface area contributed by atoms with E-state index >= 15 is 0 Å². The Labute approximate surface area is 77.7 Å². The van der Waals surface area contributed by atoms with E-state index in [9.17, 15) is 0 Å². The quantitative estimate of drug-likeness (QED) is 0.511. The fraction of sp³-hybridized carbons (Fsp3) is 1.00. The second kappa shape index (κ2) is 2.75. The average Bonchev–Trinajstić information content (AvgIpc) is 1.46. The molecule has 0 saturated heterocycles. The third-order valence-electron chi connectivity index (χ3n) is 3.50. The molecule has 0 aliphatic heterocycles. The molecular weight excluding hydrogens is 144 g/mol. The van der Waals surface area contributed by atoms with Gasteiger partial charge in [-0.3, -0.25) is 0 Å². The highest BCUT2D eigenvalue weighted by Gasteiger charge is 2.44. The van der Waals surface area contributed by atoms with E-state index in [1.807, 2.05) is 0 Å². The summed E-state index contributed by atoms with van der Waals surface area (Å²) in [5.41, 5.74) is 1.05. The van der Waals surface area contributed by atoms with Crippen molar-refractivity contribution in [3.8, 4) is 0 Å². The summed E-state index contributed by atoms with van der Waals surface area (Å²) in [6.45, 7) is 14.3. The van der Waals surface area contributed by atoms with Crippen LogP contribution in [0, 0.1) is 22.7 Å². The van der Waals surface area contributed by atoms with Crippen molar-refractivity contribution >= 4 is 0 Å². The number of rotatable bonds is 0. The third kappa shape index (κ3) is 1.84. The van der Waals surface area contributed by atoms with E-state index in [1.54, 1.807) is 0 Å². The summed E-state index contributed by atoms with van der Waals surface area (Å²) < 4.78 is 0. The molecule has 0 aromatic carbocycles. The van der Waals surface area contributed by atoms with E-state index in [0.29, 0.717) is 10.8 Å². The van der Waals surface area contributed by atoms with Gasteiger partial charge in [0.2, 0.25) is 0 Å². The Balaban J connectivity index is 2.62. The smallest absolute Gasteiger partial charge is 0.0332 e. The van der Waals surface area contributed by atoms with Gasteiger partial charge in [0.15, 0.2) is 0 Å². The van der Waals surface area contributed by atoms with Crippen LogP contribution in [0.15, 0.2) is 0 Å². The van der Waals surface area contributed by atoms with Gasteiger partial charge < -0.3 is 0 Å². The molecule has 0 bridgehead atoms. The van der Waals surface area contributed by atoms with Crippen LogP contribution in [0.1, 0.15) is 54.4 Å². The molecule has 0 heteroatoms. The van der Waals surface area contributed by atoms with Crippen LogP contribution in [0.5, 0.6) is 0 Å². The Bertz CT molecular complexity index is 134. The first-order valence-electron chi connectivity index (χ1n) is 5.23. The zero-order valence-electron chi connectivity index (χ0n) is 9.57. The lowest BCUT2D eigenvalue weighted by Gasteiger charge is -2.51. The van der Waals surface area contributed by atoms with Gasteiger partial charge in [-0.25, -0.2) is 0 Å². The maximum atomic E-state index is 2.38. The van der Waals surface area contributed by atoms with Crippen molar-refractivity contribution < 1.29 is 0 Å². The van der Waals surface area contributed by atoms with E-state index in [-0.39, 0.29) is 0 Å². The van der Waals surface area contributed by atoms with Crippen molar-refractivity contribution in [2.75, 3.05) is 0 Å². The Kier molecular flexibility index (Phi) is 2.31. The molecule has 1 rings (SSSR count). The normalized spacial score (nSPS) is 31.5. The summed E-state index contributed by atoms with van der Waals surface area (Å²) in [5, 5.41) is 0. The fourth-order valence-corrected chi connectivity index (χ4v) is 2.57. The van der Waals surface area contributed by atoms with Gasteiger partial charge in [-0.05, 0) is 35.5 Å². The molecule has 1 fully saturated rings. The van der Waals surface area contributed by atoms with Gasteiger partial charge in [0, 0.05) is 0 Å². The molecule has 0 aromatic rings. The fourth-order valence-electron chi connectivity index (χ4n) is 2.57. The van der Waals surface area contributed by atoms with E-state index in [1.165, 1.54) is 12.8 Å². The predicted octanol–water partition coefficient (Wildman–Crippen LogP) is 4.10. The van der Waals surface area contributed by atoms with Crippen LogP contribution in [0.2, 0.25) is 0 Å². The lowest BCUT2D eigenvalue weighted by atomic mass is 9.54. The topological polar surface area (TPSA) is 0 Å². The Morgan fingerprint density at radius 1 is 0.667 bits per heavy atom. The van der Waals surface area contributed by atoms with Crippen molar-refractivity contribution in [1.82, 2.24) is 0 Å². The largest absolute Gasteiger partial charge is 0.0599 e. The van der Waals surface area contributed by atoms with Crippen molar-refractivity contribution in [1.29, 1.82) is 0 Å². The maximum Gasteiger partial charge on any atom is -0.0332 e. The van der Waals surface area contributed by atoms with Crippen molar-refractivity contribution in [2.24, 2.45) is 22.7 Å². The van der Waals surface area contributed by atoms with E-state index in [2.05, 4.69) is 41.5 Å². The highest BCUT2D eigenvalue weighted by molar-refractivity contribution is 4.94. The molecule has 1 aliphatic carbocycles. The van der Waals surface area contributed by atoms with Crippen molar-refractivity contribution in [3.05, 3.63) is 0 Å². The predicted molar refractivity (Wildman–Crippen MR) is 55.1 cm³/mol. The van der Waals surface area contributed by atoms with Crippen LogP contribution < -0.4 is 0 Å². The van der Waals surface area contributed by atoms with Crippen LogP contribution in [0.4, 0.5) is 0 Å². The Morgan fingerprint density at radius 2 is 0.917 bits per heavy atom. The summed E-state index contributed by atoms with van der Waals surface area (Å²) in [4.78, 5) is 0. The number of hydrogen-bond acceptors (Lipinski definition) is 0. The molecule has 72 valence electrons. The van der Waals surface area contributed by atoms with Crippen LogP contribution in [-0.2, 0) is 0 Å². The molecule has 0 N–H and O–H groups in total. The summed E-state index contributed by atoms with van der Waals surface area (Å²) in [6.07, 6.45) is 2.90. The molecule has 1 saturated carbocycles. The minimum Gasteiger partial charge on any atom is -0.0599 e. The molecule has 2 atom stereocenters. The van der Waals surface area contributed by atoms with Gasteiger partial charge in [-0.1, -0.05) is 41.5 Å². The highest BCUT2D eigenvalue weighted by Crippen LogP contribution is 2.53. The molecule has 0 nitrogen and oxygen atoms in total. The van der Waals surface area contributed by atoms with Crippen LogP contribution in [0.25, 0.3) is 0 Å². The van der Waals surface area contributed by atoms with E-state index in [4.69, 9.17) is 0 Å². The van der Waals surface area contributed by atoms with Gasteiger partial charge in [0.25, 0.3) is 0 Å². The van der Waals surface area contributed by atoms with E-state index in [0.717, 1.165) is 11.8 Å². The van der Waals surface area contributed by atoms with Crippen molar-refractivity contribution in [3.63, 3.8) is 0 Å². The minimum absolute atomic E-state index is 0.524. The Morgan fingerprint density at radius 3 is 1.00 bits per heavy atom. The zero-order valence-corrected chi connectivity index (χ0v) is 9.57. The lowest BCUT2D eigenvalue weighted by Crippen LogP contribution is -2.43. The summed E-state index contributed by atoms with van der Waals surface area (Å²) in [6, 6.07) is 0. The van der Waals surface area contributed by atoms with Crippen molar-refractivity contribution in [2.45, 2.75) is 54.4 Å². The highest BCUT2D eigenvalue weighted by atomic mass is 14.5. The van der Waals surface area contributed by atoms with E-state index < -0.39 is 0 Å². The molecule has 12 heavy (non-hydrogen) atoms. The lowest BCUT2D eigenvalue weighted by molar-refractivity contribution is -0.0163. The van der Waals surface area contributed by atoms with Gasteiger partial charge in [-0.15, -0.1) is 0 Å². The first-order valence-corrected chi connectivity index (χ1v) is 5.23. The molecule has 0 spiro atoms. The molecule has 0 radical (unpaired) electrons. The molecule has 0 aromatic heterocycles. The zero-order chi connectivity index (χ0) is 9.57. The molecule has 0 heterocycles.